The van der Waals surface area contributed by atoms with Crippen LogP contribution < -0.4 is 5.73 Å². The smallest absolute Gasteiger partial charge is 0.264 e. The fourth-order valence-electron chi connectivity index (χ4n) is 1.07. The first-order chi connectivity index (χ1) is 6.60. The Bertz CT molecular complexity index is 355. The average molecular weight is 204 g/mol. The number of aromatic nitrogens is 1. The van der Waals surface area contributed by atoms with Gasteiger partial charge in [-0.25, -0.2) is 13.8 Å². The molecule has 0 fully saturated rings. The van der Waals surface area contributed by atoms with E-state index in [1.807, 2.05) is 0 Å². The number of halogens is 3. The third-order valence-corrected chi connectivity index (χ3v) is 1.68. The van der Waals surface area contributed by atoms with E-state index in [2.05, 4.69) is 4.98 Å². The van der Waals surface area contributed by atoms with E-state index in [0.29, 0.717) is 6.07 Å². The molecule has 0 aliphatic rings. The van der Waals surface area contributed by atoms with Gasteiger partial charge in [0.2, 0.25) is 5.95 Å². The van der Waals surface area contributed by atoms with Crippen molar-refractivity contribution >= 4 is 6.29 Å². The van der Waals surface area contributed by atoms with Crippen LogP contribution in [0.1, 0.15) is 28.0 Å². The second kappa shape index (κ2) is 4.19. The summed E-state index contributed by atoms with van der Waals surface area (Å²) in [5, 5.41) is 0. The van der Waals surface area contributed by atoms with Crippen molar-refractivity contribution in [3.05, 3.63) is 28.8 Å². The quantitative estimate of drug-likeness (QED) is 0.598. The summed E-state index contributed by atoms with van der Waals surface area (Å²) >= 11 is 0. The molecule has 0 spiro atoms. The number of aldehydes is 1. The lowest BCUT2D eigenvalue weighted by molar-refractivity contribution is 0.110. The van der Waals surface area contributed by atoms with E-state index in [1.54, 1.807) is 0 Å². The molecule has 0 aromatic carbocycles. The van der Waals surface area contributed by atoms with Gasteiger partial charge < -0.3 is 5.73 Å². The minimum Gasteiger partial charge on any atom is -0.325 e. The summed E-state index contributed by atoms with van der Waals surface area (Å²) in [5.74, 6) is -1.06. The van der Waals surface area contributed by atoms with Crippen molar-refractivity contribution < 1.29 is 18.0 Å². The van der Waals surface area contributed by atoms with Gasteiger partial charge in [-0.1, -0.05) is 0 Å². The van der Waals surface area contributed by atoms with Crippen LogP contribution in [0.15, 0.2) is 6.07 Å². The van der Waals surface area contributed by atoms with Crippen LogP contribution in [0.3, 0.4) is 0 Å². The number of carbonyl (C=O) groups excluding carboxylic acids is 1. The van der Waals surface area contributed by atoms with Gasteiger partial charge in [-0.05, 0) is 0 Å². The second-order valence-corrected chi connectivity index (χ2v) is 2.52. The summed E-state index contributed by atoms with van der Waals surface area (Å²) in [5.41, 5.74) is 3.97. The molecule has 0 atom stereocenters. The lowest BCUT2D eigenvalue weighted by Gasteiger charge is -2.07. The molecule has 0 aliphatic heterocycles. The molecular formula is C8H7F3N2O. The van der Waals surface area contributed by atoms with Crippen LogP contribution in [-0.4, -0.2) is 11.3 Å². The van der Waals surface area contributed by atoms with Crippen molar-refractivity contribution in [3.8, 4) is 0 Å². The topological polar surface area (TPSA) is 56.0 Å². The molecule has 0 radical (unpaired) electrons. The van der Waals surface area contributed by atoms with Gasteiger partial charge in [-0.2, -0.15) is 4.39 Å². The summed E-state index contributed by atoms with van der Waals surface area (Å²) in [7, 11) is 0. The summed E-state index contributed by atoms with van der Waals surface area (Å²) in [6.07, 6.45) is -2.71. The van der Waals surface area contributed by atoms with Crippen LogP contribution >= 0.6 is 0 Å². The minimum atomic E-state index is -2.92. The van der Waals surface area contributed by atoms with Gasteiger partial charge in [0.25, 0.3) is 6.43 Å². The Labute approximate surface area is 77.7 Å². The first-order valence-corrected chi connectivity index (χ1v) is 3.72. The highest BCUT2D eigenvalue weighted by molar-refractivity contribution is 5.79. The number of alkyl halides is 2. The minimum absolute atomic E-state index is 0.157. The Morgan fingerprint density at radius 2 is 2.21 bits per heavy atom. The summed E-state index contributed by atoms with van der Waals surface area (Å²) < 4.78 is 37.3. The van der Waals surface area contributed by atoms with Crippen molar-refractivity contribution in [1.82, 2.24) is 4.98 Å². The van der Waals surface area contributed by atoms with Gasteiger partial charge in [-0.15, -0.1) is 0 Å². The summed E-state index contributed by atoms with van der Waals surface area (Å²) in [6.45, 7) is -0.258. The van der Waals surface area contributed by atoms with E-state index in [1.165, 1.54) is 0 Å². The Balaban J connectivity index is 3.39. The van der Waals surface area contributed by atoms with Crippen molar-refractivity contribution in [2.24, 2.45) is 5.73 Å². The van der Waals surface area contributed by atoms with Crippen molar-refractivity contribution in [3.63, 3.8) is 0 Å². The first-order valence-electron chi connectivity index (χ1n) is 3.72. The number of carbonyl (C=O) groups is 1. The number of nitrogens with zero attached hydrogens (tertiary/aromatic N) is 1. The van der Waals surface area contributed by atoms with Gasteiger partial charge in [0.1, 0.15) is 0 Å². The molecule has 0 saturated heterocycles. The zero-order chi connectivity index (χ0) is 10.7. The van der Waals surface area contributed by atoms with Crippen molar-refractivity contribution in [2.75, 3.05) is 0 Å². The van der Waals surface area contributed by atoms with E-state index < -0.39 is 17.9 Å². The highest BCUT2D eigenvalue weighted by Crippen LogP contribution is 2.23. The molecule has 0 saturated carbocycles. The molecule has 0 aliphatic carbocycles. The lowest BCUT2D eigenvalue weighted by atomic mass is 10.1. The number of hydrogen-bond acceptors (Lipinski definition) is 3. The molecule has 6 heteroatoms. The molecule has 0 amide bonds. The van der Waals surface area contributed by atoms with Gasteiger partial charge in [0, 0.05) is 23.7 Å². The predicted octanol–water partition coefficient (Wildman–Crippen LogP) is 1.43. The maximum Gasteiger partial charge on any atom is 0.264 e. The van der Waals surface area contributed by atoms with E-state index in [4.69, 9.17) is 5.73 Å². The number of rotatable bonds is 3. The Morgan fingerprint density at radius 3 is 2.64 bits per heavy atom. The zero-order valence-corrected chi connectivity index (χ0v) is 7.01. The number of nitrogens with two attached hydrogens (primary N) is 1. The molecule has 1 aromatic heterocycles. The highest BCUT2D eigenvalue weighted by Gasteiger charge is 2.18. The number of hydrogen-bond donors (Lipinski definition) is 1. The van der Waals surface area contributed by atoms with Crippen LogP contribution in [0.2, 0.25) is 0 Å². The van der Waals surface area contributed by atoms with E-state index in [-0.39, 0.29) is 24.1 Å². The maximum atomic E-state index is 12.7. The fraction of sp³-hybridized carbons (Fsp3) is 0.250. The molecule has 0 unspecified atom stereocenters. The molecule has 0 bridgehead atoms. The second-order valence-electron chi connectivity index (χ2n) is 2.52. The molecule has 3 nitrogen and oxygen atoms in total. The monoisotopic (exact) mass is 204 g/mol. The van der Waals surface area contributed by atoms with E-state index >= 15 is 0 Å². The Kier molecular flexibility index (Phi) is 3.19. The van der Waals surface area contributed by atoms with Crippen LogP contribution in [0, 0.1) is 5.95 Å². The molecule has 1 heterocycles. The third-order valence-electron chi connectivity index (χ3n) is 1.68. The van der Waals surface area contributed by atoms with Gasteiger partial charge in [0.15, 0.2) is 6.29 Å². The largest absolute Gasteiger partial charge is 0.325 e. The molecular weight excluding hydrogens is 197 g/mol. The van der Waals surface area contributed by atoms with Gasteiger partial charge >= 0.3 is 0 Å². The molecule has 2 N–H and O–H groups in total. The number of pyridine rings is 1. The van der Waals surface area contributed by atoms with E-state index in [9.17, 15) is 18.0 Å². The normalized spacial score (nSPS) is 10.6. The third kappa shape index (κ3) is 1.90. The standard InChI is InChI=1S/C8H7F3N2O/c9-7-1-4(8(10)11)5(3-14)6(2-12)13-7/h1,3,8H,2,12H2. The van der Waals surface area contributed by atoms with Gasteiger partial charge in [-0.3, -0.25) is 4.79 Å². The van der Waals surface area contributed by atoms with Crippen LogP contribution in [0.5, 0.6) is 0 Å². The Morgan fingerprint density at radius 1 is 1.57 bits per heavy atom. The predicted molar refractivity (Wildman–Crippen MR) is 42.4 cm³/mol. The van der Waals surface area contributed by atoms with E-state index in [0.717, 1.165) is 0 Å². The van der Waals surface area contributed by atoms with Crippen molar-refractivity contribution in [1.29, 1.82) is 0 Å². The van der Waals surface area contributed by atoms with Crippen LogP contribution in [0.25, 0.3) is 0 Å². The lowest BCUT2D eigenvalue weighted by Crippen LogP contribution is -2.09. The van der Waals surface area contributed by atoms with Crippen molar-refractivity contribution in [2.45, 2.75) is 13.0 Å². The maximum absolute atomic E-state index is 12.7. The molecule has 1 aromatic rings. The molecule has 14 heavy (non-hydrogen) atoms. The molecule has 76 valence electrons. The first kappa shape index (κ1) is 10.6. The Hall–Kier alpha value is -1.43. The van der Waals surface area contributed by atoms with Crippen LogP contribution in [-0.2, 0) is 6.54 Å². The highest BCUT2D eigenvalue weighted by atomic mass is 19.3. The average Bonchev–Trinajstić information content (AvgIpc) is 2.16. The molecule has 1 rings (SSSR count). The summed E-state index contributed by atoms with van der Waals surface area (Å²) in [6, 6.07) is 0.535. The van der Waals surface area contributed by atoms with Gasteiger partial charge in [0.05, 0.1) is 5.69 Å². The SMILES string of the molecule is NCc1nc(F)cc(C(F)F)c1C=O. The summed E-state index contributed by atoms with van der Waals surface area (Å²) in [4.78, 5) is 13.7. The zero-order valence-electron chi connectivity index (χ0n) is 7.01. The van der Waals surface area contributed by atoms with Crippen LogP contribution in [0.4, 0.5) is 13.2 Å². The fourth-order valence-corrected chi connectivity index (χ4v) is 1.07.